The summed E-state index contributed by atoms with van der Waals surface area (Å²) < 4.78 is 5.27. The zero-order valence-corrected chi connectivity index (χ0v) is 9.85. The molecule has 0 saturated heterocycles. The standard InChI is InChI=1S/C15H13NO2/c16-9-15(17)18-14-7-3-6-12-11-5-2-1-4-10(11)8-13(12)14/h1-7H,8-9,16H2. The van der Waals surface area contributed by atoms with Gasteiger partial charge in [-0.3, -0.25) is 4.79 Å². The van der Waals surface area contributed by atoms with E-state index in [1.807, 2.05) is 24.3 Å². The molecule has 0 fully saturated rings. The number of esters is 1. The molecule has 0 atom stereocenters. The zero-order valence-electron chi connectivity index (χ0n) is 9.85. The minimum Gasteiger partial charge on any atom is -0.425 e. The third kappa shape index (κ3) is 1.69. The summed E-state index contributed by atoms with van der Waals surface area (Å²) in [4.78, 5) is 11.3. The zero-order chi connectivity index (χ0) is 12.5. The minimum absolute atomic E-state index is 0.101. The van der Waals surface area contributed by atoms with Gasteiger partial charge in [-0.1, -0.05) is 36.4 Å². The number of fused-ring (bicyclic) bond motifs is 3. The number of hydrogen-bond donors (Lipinski definition) is 1. The topological polar surface area (TPSA) is 52.3 Å². The molecule has 3 nitrogen and oxygen atoms in total. The van der Waals surface area contributed by atoms with E-state index in [2.05, 4.69) is 18.2 Å². The Kier molecular flexibility index (Phi) is 2.61. The van der Waals surface area contributed by atoms with Gasteiger partial charge >= 0.3 is 5.97 Å². The van der Waals surface area contributed by atoms with Gasteiger partial charge in [0.1, 0.15) is 5.75 Å². The molecular formula is C15H13NO2. The van der Waals surface area contributed by atoms with Crippen LogP contribution in [-0.2, 0) is 11.2 Å². The Morgan fingerprint density at radius 1 is 1.11 bits per heavy atom. The molecule has 90 valence electrons. The van der Waals surface area contributed by atoms with E-state index >= 15 is 0 Å². The second-order valence-corrected chi connectivity index (χ2v) is 4.29. The molecular weight excluding hydrogens is 226 g/mol. The molecule has 2 N–H and O–H groups in total. The summed E-state index contributed by atoms with van der Waals surface area (Å²) in [6, 6.07) is 14.0. The number of nitrogens with two attached hydrogens (primary N) is 1. The first-order valence-electron chi connectivity index (χ1n) is 5.90. The number of benzene rings is 2. The summed E-state index contributed by atoms with van der Waals surface area (Å²) in [6.07, 6.45) is 0.805. The highest BCUT2D eigenvalue weighted by molar-refractivity contribution is 5.81. The molecule has 0 aromatic heterocycles. The molecule has 0 spiro atoms. The fraction of sp³-hybridized carbons (Fsp3) is 0.133. The van der Waals surface area contributed by atoms with Crippen LogP contribution in [0.15, 0.2) is 42.5 Å². The Labute approximate surface area is 105 Å². The average molecular weight is 239 g/mol. The van der Waals surface area contributed by atoms with Crippen molar-refractivity contribution in [2.24, 2.45) is 5.73 Å². The first kappa shape index (κ1) is 11.0. The quantitative estimate of drug-likeness (QED) is 0.550. The van der Waals surface area contributed by atoms with Crippen LogP contribution in [0.5, 0.6) is 5.75 Å². The van der Waals surface area contributed by atoms with E-state index in [-0.39, 0.29) is 6.54 Å². The molecule has 0 amide bonds. The van der Waals surface area contributed by atoms with Crippen molar-refractivity contribution in [1.82, 2.24) is 0 Å². The maximum atomic E-state index is 11.3. The Morgan fingerprint density at radius 2 is 1.89 bits per heavy atom. The summed E-state index contributed by atoms with van der Waals surface area (Å²) in [6.45, 7) is -0.101. The number of hydrogen-bond acceptors (Lipinski definition) is 3. The van der Waals surface area contributed by atoms with Crippen molar-refractivity contribution in [2.45, 2.75) is 6.42 Å². The predicted molar refractivity (Wildman–Crippen MR) is 69.4 cm³/mol. The van der Waals surface area contributed by atoms with E-state index in [0.29, 0.717) is 5.75 Å². The molecule has 1 aliphatic carbocycles. The first-order valence-corrected chi connectivity index (χ1v) is 5.90. The lowest BCUT2D eigenvalue weighted by molar-refractivity contribution is -0.132. The maximum absolute atomic E-state index is 11.3. The molecule has 0 aliphatic heterocycles. The van der Waals surface area contributed by atoms with Crippen LogP contribution >= 0.6 is 0 Å². The molecule has 0 radical (unpaired) electrons. The highest BCUT2D eigenvalue weighted by Gasteiger charge is 2.21. The molecule has 3 rings (SSSR count). The number of carbonyl (C=O) groups is 1. The SMILES string of the molecule is NCC(=O)Oc1cccc2c1Cc1ccccc1-2. The lowest BCUT2D eigenvalue weighted by Gasteiger charge is -2.08. The third-order valence-electron chi connectivity index (χ3n) is 3.20. The second kappa shape index (κ2) is 4.27. The van der Waals surface area contributed by atoms with Crippen LogP contribution in [0.25, 0.3) is 11.1 Å². The highest BCUT2D eigenvalue weighted by Crippen LogP contribution is 2.40. The minimum atomic E-state index is -0.403. The van der Waals surface area contributed by atoms with Crippen molar-refractivity contribution < 1.29 is 9.53 Å². The van der Waals surface area contributed by atoms with Gasteiger partial charge in [-0.05, 0) is 22.8 Å². The molecule has 0 unspecified atom stereocenters. The largest absolute Gasteiger partial charge is 0.425 e. The molecule has 0 heterocycles. The number of rotatable bonds is 2. The lowest BCUT2D eigenvalue weighted by atomic mass is 10.1. The van der Waals surface area contributed by atoms with Gasteiger partial charge in [-0.15, -0.1) is 0 Å². The highest BCUT2D eigenvalue weighted by atomic mass is 16.5. The van der Waals surface area contributed by atoms with Crippen LogP contribution in [-0.4, -0.2) is 12.5 Å². The van der Waals surface area contributed by atoms with E-state index < -0.39 is 5.97 Å². The number of carbonyl (C=O) groups excluding carboxylic acids is 1. The summed E-state index contributed by atoms with van der Waals surface area (Å²) in [5, 5.41) is 0. The monoisotopic (exact) mass is 239 g/mol. The van der Waals surface area contributed by atoms with E-state index in [1.54, 1.807) is 0 Å². The maximum Gasteiger partial charge on any atom is 0.325 e. The van der Waals surface area contributed by atoms with Crippen molar-refractivity contribution in [3.05, 3.63) is 53.6 Å². The van der Waals surface area contributed by atoms with Crippen molar-refractivity contribution in [3.8, 4) is 16.9 Å². The van der Waals surface area contributed by atoms with Crippen LogP contribution < -0.4 is 10.5 Å². The smallest absolute Gasteiger partial charge is 0.325 e. The summed E-state index contributed by atoms with van der Waals surface area (Å²) in [5.41, 5.74) is 9.98. The fourth-order valence-electron chi connectivity index (χ4n) is 2.39. The summed E-state index contributed by atoms with van der Waals surface area (Å²) in [7, 11) is 0. The van der Waals surface area contributed by atoms with Crippen molar-refractivity contribution in [1.29, 1.82) is 0 Å². The van der Waals surface area contributed by atoms with E-state index in [0.717, 1.165) is 17.5 Å². The van der Waals surface area contributed by atoms with Gasteiger partial charge in [0.15, 0.2) is 0 Å². The van der Waals surface area contributed by atoms with Crippen molar-refractivity contribution >= 4 is 5.97 Å². The molecule has 0 saturated carbocycles. The van der Waals surface area contributed by atoms with E-state index in [9.17, 15) is 4.79 Å². The van der Waals surface area contributed by atoms with Crippen LogP contribution in [0.1, 0.15) is 11.1 Å². The van der Waals surface area contributed by atoms with Gasteiger partial charge in [0, 0.05) is 12.0 Å². The summed E-state index contributed by atoms with van der Waals surface area (Å²) in [5.74, 6) is 0.221. The molecule has 1 aliphatic rings. The predicted octanol–water partition coefficient (Wildman–Crippen LogP) is 2.12. The van der Waals surface area contributed by atoms with E-state index in [1.165, 1.54) is 11.1 Å². The first-order chi connectivity index (χ1) is 8.79. The Hall–Kier alpha value is -2.13. The van der Waals surface area contributed by atoms with Gasteiger partial charge in [0.05, 0.1) is 6.54 Å². The lowest BCUT2D eigenvalue weighted by Crippen LogP contribution is -2.20. The normalized spacial score (nSPS) is 11.8. The van der Waals surface area contributed by atoms with Crippen molar-refractivity contribution in [3.63, 3.8) is 0 Å². The van der Waals surface area contributed by atoms with Crippen molar-refractivity contribution in [2.75, 3.05) is 6.54 Å². The Bertz CT molecular complexity index is 620. The van der Waals surface area contributed by atoms with Gasteiger partial charge in [0.25, 0.3) is 0 Å². The fourth-order valence-corrected chi connectivity index (χ4v) is 2.39. The van der Waals surface area contributed by atoms with Crippen LogP contribution in [0, 0.1) is 0 Å². The average Bonchev–Trinajstić information content (AvgIpc) is 2.78. The molecule has 2 aromatic rings. The van der Waals surface area contributed by atoms with Gasteiger partial charge in [-0.2, -0.15) is 0 Å². The number of ether oxygens (including phenoxy) is 1. The van der Waals surface area contributed by atoms with Crippen LogP contribution in [0.3, 0.4) is 0 Å². The van der Waals surface area contributed by atoms with E-state index in [4.69, 9.17) is 10.5 Å². The van der Waals surface area contributed by atoms with Gasteiger partial charge in [-0.25, -0.2) is 0 Å². The molecule has 0 bridgehead atoms. The van der Waals surface area contributed by atoms with Crippen LogP contribution in [0.4, 0.5) is 0 Å². The third-order valence-corrected chi connectivity index (χ3v) is 3.20. The molecule has 2 aromatic carbocycles. The Balaban J connectivity index is 2.06. The van der Waals surface area contributed by atoms with Gasteiger partial charge < -0.3 is 10.5 Å². The molecule has 3 heteroatoms. The molecule has 18 heavy (non-hydrogen) atoms. The second-order valence-electron chi connectivity index (χ2n) is 4.29. The van der Waals surface area contributed by atoms with Gasteiger partial charge in [0.2, 0.25) is 0 Å². The van der Waals surface area contributed by atoms with Crippen LogP contribution in [0.2, 0.25) is 0 Å². The summed E-state index contributed by atoms with van der Waals surface area (Å²) >= 11 is 0. The Morgan fingerprint density at radius 3 is 2.72 bits per heavy atom.